The van der Waals surface area contributed by atoms with Crippen LogP contribution in [0.4, 0.5) is 0 Å². The molecule has 3 N–H and O–H groups in total. The summed E-state index contributed by atoms with van der Waals surface area (Å²) in [4.78, 5) is 23.5. The van der Waals surface area contributed by atoms with Gasteiger partial charge in [0.1, 0.15) is 5.76 Å². The molecule has 0 radical (unpaired) electrons. The number of benzene rings is 1. The van der Waals surface area contributed by atoms with Gasteiger partial charge in [-0.2, -0.15) is 0 Å². The lowest BCUT2D eigenvalue weighted by atomic mass is 10.1. The van der Waals surface area contributed by atoms with Crippen LogP contribution in [0.15, 0.2) is 52.0 Å². The fourth-order valence-electron chi connectivity index (χ4n) is 2.07. The molecule has 0 aliphatic rings. The molecule has 0 spiro atoms. The van der Waals surface area contributed by atoms with Crippen molar-refractivity contribution in [1.29, 1.82) is 0 Å². The van der Waals surface area contributed by atoms with E-state index in [0.717, 1.165) is 0 Å². The highest BCUT2D eigenvalue weighted by Crippen LogP contribution is 2.11. The van der Waals surface area contributed by atoms with Crippen LogP contribution in [0.25, 0.3) is 0 Å². The molecule has 0 unspecified atom stereocenters. The molecule has 1 aromatic carbocycles. The number of furan rings is 1. The van der Waals surface area contributed by atoms with Crippen LogP contribution in [0.5, 0.6) is 0 Å². The Morgan fingerprint density at radius 1 is 1.08 bits per heavy atom. The number of hydrogen-bond acceptors (Lipinski definition) is 5. The van der Waals surface area contributed by atoms with Crippen LogP contribution in [-0.2, 0) is 21.4 Å². The molecule has 1 heterocycles. The number of carbonyl (C=O) groups excluding carboxylic acids is 2. The van der Waals surface area contributed by atoms with E-state index in [1.54, 1.807) is 12.1 Å². The first kappa shape index (κ1) is 19.7. The smallest absolute Gasteiger partial charge is 0.269 e. The zero-order valence-corrected chi connectivity index (χ0v) is 15.3. The highest BCUT2D eigenvalue weighted by Gasteiger charge is 2.15. The minimum atomic E-state index is -3.73. The van der Waals surface area contributed by atoms with Gasteiger partial charge in [-0.3, -0.25) is 20.4 Å². The molecule has 0 aliphatic carbocycles. The van der Waals surface area contributed by atoms with Crippen molar-refractivity contribution in [1.82, 2.24) is 15.6 Å². The van der Waals surface area contributed by atoms with Gasteiger partial charge < -0.3 is 4.42 Å². The van der Waals surface area contributed by atoms with Gasteiger partial charge in [-0.1, -0.05) is 13.8 Å². The van der Waals surface area contributed by atoms with Gasteiger partial charge in [0.25, 0.3) is 5.91 Å². The van der Waals surface area contributed by atoms with Crippen LogP contribution in [-0.4, -0.2) is 20.2 Å². The summed E-state index contributed by atoms with van der Waals surface area (Å²) in [7, 11) is -3.73. The summed E-state index contributed by atoms with van der Waals surface area (Å²) < 4.78 is 31.9. The summed E-state index contributed by atoms with van der Waals surface area (Å²) in [6.07, 6.45) is 1.75. The van der Waals surface area contributed by atoms with Gasteiger partial charge in [0.2, 0.25) is 15.9 Å². The van der Waals surface area contributed by atoms with Crippen molar-refractivity contribution in [2.24, 2.45) is 5.92 Å². The second-order valence-electron chi connectivity index (χ2n) is 6.03. The number of amides is 2. The predicted molar refractivity (Wildman–Crippen MR) is 94.2 cm³/mol. The molecule has 0 saturated heterocycles. The van der Waals surface area contributed by atoms with Crippen LogP contribution in [0.2, 0.25) is 0 Å². The summed E-state index contributed by atoms with van der Waals surface area (Å²) >= 11 is 0. The van der Waals surface area contributed by atoms with E-state index in [4.69, 9.17) is 4.42 Å². The van der Waals surface area contributed by atoms with E-state index in [2.05, 4.69) is 15.6 Å². The van der Waals surface area contributed by atoms with Crippen molar-refractivity contribution < 1.29 is 22.4 Å². The first-order valence-electron chi connectivity index (χ1n) is 7.99. The Morgan fingerprint density at radius 3 is 2.35 bits per heavy atom. The number of hydrogen-bond donors (Lipinski definition) is 3. The molecule has 8 nitrogen and oxygen atoms in total. The van der Waals surface area contributed by atoms with E-state index >= 15 is 0 Å². The maximum absolute atomic E-state index is 12.2. The minimum Gasteiger partial charge on any atom is -0.468 e. The van der Waals surface area contributed by atoms with Gasteiger partial charge in [0.15, 0.2) is 0 Å². The first-order valence-corrected chi connectivity index (χ1v) is 9.47. The third-order valence-corrected chi connectivity index (χ3v) is 4.77. The maximum Gasteiger partial charge on any atom is 0.269 e. The van der Waals surface area contributed by atoms with Crippen molar-refractivity contribution in [3.8, 4) is 0 Å². The predicted octanol–water partition coefficient (Wildman–Crippen LogP) is 1.57. The number of nitrogens with one attached hydrogen (secondary N) is 3. The summed E-state index contributed by atoms with van der Waals surface area (Å²) in [5.41, 5.74) is 4.83. The molecule has 0 aliphatic heterocycles. The van der Waals surface area contributed by atoms with Crippen LogP contribution >= 0.6 is 0 Å². The van der Waals surface area contributed by atoms with Crippen LogP contribution in [0.3, 0.4) is 0 Å². The molecule has 0 fully saturated rings. The van der Waals surface area contributed by atoms with E-state index in [-0.39, 0.29) is 28.8 Å². The normalized spacial score (nSPS) is 11.3. The van der Waals surface area contributed by atoms with E-state index in [9.17, 15) is 18.0 Å². The first-order chi connectivity index (χ1) is 12.3. The fourth-order valence-corrected chi connectivity index (χ4v) is 3.06. The van der Waals surface area contributed by atoms with Gasteiger partial charge in [-0.05, 0) is 42.3 Å². The second-order valence-corrected chi connectivity index (χ2v) is 7.80. The molecule has 0 atom stereocenters. The molecule has 0 saturated carbocycles. The Balaban J connectivity index is 1.94. The molecule has 2 amide bonds. The van der Waals surface area contributed by atoms with Crippen LogP contribution in [0.1, 0.15) is 36.4 Å². The largest absolute Gasteiger partial charge is 0.468 e. The SMILES string of the molecule is CC(C)CC(=O)NNC(=O)c1ccc(S(=O)(=O)NCc2ccco2)cc1. The lowest BCUT2D eigenvalue weighted by Crippen LogP contribution is -2.42. The summed E-state index contributed by atoms with van der Waals surface area (Å²) in [5.74, 6) is -0.170. The Hall–Kier alpha value is -2.65. The van der Waals surface area contributed by atoms with Crippen molar-refractivity contribution in [2.45, 2.75) is 31.7 Å². The third kappa shape index (κ3) is 5.71. The molecule has 9 heteroatoms. The minimum absolute atomic E-state index is 0.0180. The molecule has 26 heavy (non-hydrogen) atoms. The number of carbonyl (C=O) groups is 2. The lowest BCUT2D eigenvalue weighted by Gasteiger charge is -2.09. The van der Waals surface area contributed by atoms with Gasteiger partial charge in [0, 0.05) is 12.0 Å². The Morgan fingerprint density at radius 2 is 1.77 bits per heavy atom. The lowest BCUT2D eigenvalue weighted by molar-refractivity contribution is -0.122. The van der Waals surface area contributed by atoms with Crippen LogP contribution in [0, 0.1) is 5.92 Å². The molecule has 2 rings (SSSR count). The van der Waals surface area contributed by atoms with Gasteiger partial charge >= 0.3 is 0 Å². The zero-order chi connectivity index (χ0) is 19.2. The average molecular weight is 379 g/mol. The summed E-state index contributed by atoms with van der Waals surface area (Å²) in [6, 6.07) is 8.68. The Bertz CT molecular complexity index is 843. The van der Waals surface area contributed by atoms with E-state index in [1.165, 1.54) is 30.5 Å². The quantitative estimate of drug-likeness (QED) is 0.631. The average Bonchev–Trinajstić information content (AvgIpc) is 3.11. The van der Waals surface area contributed by atoms with E-state index in [0.29, 0.717) is 12.2 Å². The number of hydrazine groups is 1. The van der Waals surface area contributed by atoms with E-state index < -0.39 is 15.9 Å². The number of rotatable bonds is 7. The standard InChI is InChI=1S/C17H21N3O5S/c1-12(2)10-16(21)19-20-17(22)13-5-7-15(8-6-13)26(23,24)18-11-14-4-3-9-25-14/h3-9,12,18H,10-11H2,1-2H3,(H,19,21)(H,20,22). The topological polar surface area (TPSA) is 118 Å². The van der Waals surface area contributed by atoms with Crippen LogP contribution < -0.4 is 15.6 Å². The van der Waals surface area contributed by atoms with Gasteiger partial charge in [-0.15, -0.1) is 0 Å². The Kier molecular flexibility index (Phi) is 6.53. The number of sulfonamides is 1. The second kappa shape index (κ2) is 8.63. The van der Waals surface area contributed by atoms with Gasteiger partial charge in [-0.25, -0.2) is 13.1 Å². The monoisotopic (exact) mass is 379 g/mol. The molecule has 1 aromatic heterocycles. The van der Waals surface area contributed by atoms with Gasteiger partial charge in [0.05, 0.1) is 17.7 Å². The van der Waals surface area contributed by atoms with Crippen molar-refractivity contribution in [3.63, 3.8) is 0 Å². The highest BCUT2D eigenvalue weighted by molar-refractivity contribution is 7.89. The summed E-state index contributed by atoms with van der Waals surface area (Å²) in [5, 5.41) is 0. The highest BCUT2D eigenvalue weighted by atomic mass is 32.2. The molecule has 140 valence electrons. The molecule has 2 aromatic rings. The third-order valence-electron chi connectivity index (χ3n) is 3.35. The van der Waals surface area contributed by atoms with Crippen molar-refractivity contribution >= 4 is 21.8 Å². The maximum atomic E-state index is 12.2. The van der Waals surface area contributed by atoms with Crippen molar-refractivity contribution in [3.05, 3.63) is 54.0 Å². The van der Waals surface area contributed by atoms with E-state index in [1.807, 2.05) is 13.8 Å². The fraction of sp³-hybridized carbons (Fsp3) is 0.294. The molecular formula is C17H21N3O5S. The summed E-state index contributed by atoms with van der Waals surface area (Å²) in [6.45, 7) is 3.81. The van der Waals surface area contributed by atoms with Crippen molar-refractivity contribution in [2.75, 3.05) is 0 Å². The molecule has 0 bridgehead atoms. The Labute approximate surface area is 152 Å². The molecular weight excluding hydrogens is 358 g/mol. The zero-order valence-electron chi connectivity index (χ0n) is 14.5.